The summed E-state index contributed by atoms with van der Waals surface area (Å²) in [6.45, 7) is 7.35. The molecule has 4 aromatic carbocycles. The summed E-state index contributed by atoms with van der Waals surface area (Å²) >= 11 is 6.97. The van der Waals surface area contributed by atoms with Gasteiger partial charge in [0.05, 0.1) is 14.2 Å². The lowest BCUT2D eigenvalue weighted by atomic mass is 10.0. The molecule has 0 unspecified atom stereocenters. The maximum Gasteiger partial charge on any atom is 0.341 e. The van der Waals surface area contributed by atoms with Crippen molar-refractivity contribution in [3.63, 3.8) is 0 Å². The van der Waals surface area contributed by atoms with Crippen molar-refractivity contribution < 1.29 is 47.5 Å². The van der Waals surface area contributed by atoms with Gasteiger partial charge in [0, 0.05) is 8.95 Å². The van der Waals surface area contributed by atoms with E-state index in [1.165, 1.54) is 14.2 Å². The zero-order valence-corrected chi connectivity index (χ0v) is 30.5. The average molecular weight is 788 g/mol. The minimum atomic E-state index is -0.967. The molecule has 2 aliphatic heterocycles. The Kier molecular flexibility index (Phi) is 9.78. The lowest BCUT2D eigenvalue weighted by Gasteiger charge is -2.26. The molecule has 2 heterocycles. The number of halogens is 2. The van der Waals surface area contributed by atoms with E-state index >= 15 is 0 Å². The van der Waals surface area contributed by atoms with Crippen LogP contribution in [-0.2, 0) is 28.4 Å². The molecule has 4 aromatic rings. The summed E-state index contributed by atoms with van der Waals surface area (Å²) in [6.07, 6.45) is -2.49. The van der Waals surface area contributed by atoms with Gasteiger partial charge >= 0.3 is 11.9 Å². The normalized spacial score (nSPS) is 22.9. The van der Waals surface area contributed by atoms with Gasteiger partial charge in [-0.15, -0.1) is 0 Å². The third-order valence-corrected chi connectivity index (χ3v) is 9.17. The van der Waals surface area contributed by atoms with E-state index in [-0.39, 0.29) is 24.3 Å². The van der Waals surface area contributed by atoms with Crippen LogP contribution >= 0.6 is 31.9 Å². The molecule has 6 rings (SSSR count). The zero-order chi connectivity index (χ0) is 34.4. The molecular weight excluding hydrogens is 752 g/mol. The molecule has 0 amide bonds. The summed E-state index contributed by atoms with van der Waals surface area (Å²) in [6, 6.07) is 18.6. The van der Waals surface area contributed by atoms with Crippen LogP contribution in [0, 0.1) is 0 Å². The second kappa shape index (κ2) is 13.6. The van der Waals surface area contributed by atoms with Crippen molar-refractivity contribution in [3.05, 3.63) is 80.7 Å². The minimum absolute atomic E-state index is 0.0424. The summed E-state index contributed by atoms with van der Waals surface area (Å²) in [5.74, 6) is -2.27. The fourth-order valence-electron chi connectivity index (χ4n) is 6.16. The highest BCUT2D eigenvalue weighted by Crippen LogP contribution is 2.40. The number of benzene rings is 4. The van der Waals surface area contributed by atoms with Crippen molar-refractivity contribution in [2.45, 2.75) is 63.7 Å². The SMILES string of the molecule is COC(=O)c1cc2cc(Br)ccc2cc1OC[C@@H]1OC(C)(C)O[C@H]1[C@H]1OC(C)(C)O[C@@H]1COc1cc2ccc(Br)cc2cc1C(=O)OC. The second-order valence-corrected chi connectivity index (χ2v) is 14.4. The maximum absolute atomic E-state index is 12.8. The molecule has 0 N–H and O–H groups in total. The standard InChI is InChI=1S/C36H36Br2O10/c1-35(2)45-29(17-43-27-15-19-7-9-23(37)11-21(19)13-25(27)33(39)41-5)31(47-35)32-30(46-36(3,4)48-32)18-44-28-16-20-8-10-24(38)12-22(20)14-26(28)34(40)42-6/h7-16,29-32H,17-18H2,1-6H3/t29-,30+,31+,32-. The molecule has 254 valence electrons. The van der Waals surface area contributed by atoms with E-state index in [1.54, 1.807) is 24.3 Å². The summed E-state index contributed by atoms with van der Waals surface area (Å²) in [4.78, 5) is 25.5. The Balaban J connectivity index is 1.25. The number of carbonyl (C=O) groups excluding carboxylic acids is 2. The molecule has 12 heteroatoms. The highest BCUT2D eigenvalue weighted by atomic mass is 79.9. The third kappa shape index (κ3) is 7.34. The van der Waals surface area contributed by atoms with E-state index in [4.69, 9.17) is 37.9 Å². The van der Waals surface area contributed by atoms with Gasteiger partial charge in [-0.25, -0.2) is 9.59 Å². The molecule has 0 bridgehead atoms. The first kappa shape index (κ1) is 34.6. The number of carbonyl (C=O) groups is 2. The Morgan fingerprint density at radius 1 is 0.604 bits per heavy atom. The highest BCUT2D eigenvalue weighted by molar-refractivity contribution is 9.10. The average Bonchev–Trinajstić information content (AvgIpc) is 3.53. The number of rotatable bonds is 9. The predicted octanol–water partition coefficient (Wildman–Crippen LogP) is 7.59. The molecule has 0 radical (unpaired) electrons. The van der Waals surface area contributed by atoms with Crippen LogP contribution in [-0.4, -0.2) is 75.4 Å². The summed E-state index contributed by atoms with van der Waals surface area (Å²) in [5.41, 5.74) is 0.574. The fourth-order valence-corrected chi connectivity index (χ4v) is 6.92. The van der Waals surface area contributed by atoms with Gasteiger partial charge in [0.15, 0.2) is 11.6 Å². The van der Waals surface area contributed by atoms with Gasteiger partial charge in [0.2, 0.25) is 0 Å². The van der Waals surface area contributed by atoms with Crippen LogP contribution in [0.3, 0.4) is 0 Å². The molecule has 2 saturated heterocycles. The number of hydrogen-bond acceptors (Lipinski definition) is 10. The summed E-state index contributed by atoms with van der Waals surface area (Å²) < 4.78 is 49.9. The van der Waals surface area contributed by atoms with Crippen LogP contribution in [0.4, 0.5) is 0 Å². The Bertz CT molecular complexity index is 1740. The van der Waals surface area contributed by atoms with Crippen LogP contribution in [0.15, 0.2) is 69.6 Å². The van der Waals surface area contributed by atoms with E-state index in [1.807, 2.05) is 64.1 Å². The zero-order valence-electron chi connectivity index (χ0n) is 27.3. The topological polar surface area (TPSA) is 108 Å². The molecule has 0 aromatic heterocycles. The lowest BCUT2D eigenvalue weighted by molar-refractivity contribution is -0.175. The summed E-state index contributed by atoms with van der Waals surface area (Å²) in [7, 11) is 2.66. The van der Waals surface area contributed by atoms with Crippen molar-refractivity contribution in [3.8, 4) is 11.5 Å². The smallest absolute Gasteiger partial charge is 0.341 e. The van der Waals surface area contributed by atoms with Crippen molar-refractivity contribution in [1.29, 1.82) is 0 Å². The Labute approximate surface area is 295 Å². The van der Waals surface area contributed by atoms with Gasteiger partial charge in [0.25, 0.3) is 0 Å². The van der Waals surface area contributed by atoms with Crippen molar-refractivity contribution in [2.75, 3.05) is 27.4 Å². The fraction of sp³-hybridized carbons (Fsp3) is 0.389. The van der Waals surface area contributed by atoms with Gasteiger partial charge < -0.3 is 37.9 Å². The van der Waals surface area contributed by atoms with Gasteiger partial charge in [0.1, 0.15) is 60.3 Å². The van der Waals surface area contributed by atoms with Crippen LogP contribution in [0.25, 0.3) is 21.5 Å². The molecule has 2 aliphatic rings. The monoisotopic (exact) mass is 786 g/mol. The number of methoxy groups -OCH3 is 2. The largest absolute Gasteiger partial charge is 0.490 e. The molecule has 4 atom stereocenters. The quantitative estimate of drug-likeness (QED) is 0.158. The molecular formula is C36H36Br2O10. The van der Waals surface area contributed by atoms with Gasteiger partial charge in [-0.05, 0) is 97.8 Å². The lowest BCUT2D eigenvalue weighted by Crippen LogP contribution is -2.45. The number of ether oxygens (including phenoxy) is 8. The molecule has 10 nitrogen and oxygen atoms in total. The number of esters is 2. The first-order valence-corrected chi connectivity index (χ1v) is 16.9. The Morgan fingerprint density at radius 2 is 1.00 bits per heavy atom. The molecule has 0 aliphatic carbocycles. The molecule has 2 fully saturated rings. The van der Waals surface area contributed by atoms with Gasteiger partial charge in [-0.1, -0.05) is 44.0 Å². The van der Waals surface area contributed by atoms with Crippen LogP contribution in [0.2, 0.25) is 0 Å². The van der Waals surface area contributed by atoms with Gasteiger partial charge in [-0.3, -0.25) is 0 Å². The van der Waals surface area contributed by atoms with E-state index in [0.29, 0.717) is 11.5 Å². The van der Waals surface area contributed by atoms with Crippen LogP contribution in [0.1, 0.15) is 48.4 Å². The van der Waals surface area contributed by atoms with Crippen LogP contribution in [0.5, 0.6) is 11.5 Å². The predicted molar refractivity (Wildman–Crippen MR) is 185 cm³/mol. The van der Waals surface area contributed by atoms with E-state index in [2.05, 4.69) is 31.9 Å². The van der Waals surface area contributed by atoms with E-state index < -0.39 is 47.9 Å². The molecule has 0 spiro atoms. The van der Waals surface area contributed by atoms with Crippen molar-refractivity contribution in [2.24, 2.45) is 0 Å². The first-order valence-electron chi connectivity index (χ1n) is 15.4. The minimum Gasteiger partial charge on any atom is -0.490 e. The van der Waals surface area contributed by atoms with Crippen LogP contribution < -0.4 is 9.47 Å². The summed E-state index contributed by atoms with van der Waals surface area (Å²) in [5, 5.41) is 3.49. The van der Waals surface area contributed by atoms with E-state index in [0.717, 1.165) is 30.5 Å². The Hall–Kier alpha value is -3.26. The van der Waals surface area contributed by atoms with Gasteiger partial charge in [-0.2, -0.15) is 0 Å². The first-order chi connectivity index (χ1) is 22.8. The molecule has 48 heavy (non-hydrogen) atoms. The third-order valence-electron chi connectivity index (χ3n) is 8.19. The second-order valence-electron chi connectivity index (χ2n) is 12.6. The molecule has 0 saturated carbocycles. The van der Waals surface area contributed by atoms with Crippen molar-refractivity contribution >= 4 is 65.3 Å². The number of hydrogen-bond donors (Lipinski definition) is 0. The highest BCUT2D eigenvalue weighted by Gasteiger charge is 2.54. The van der Waals surface area contributed by atoms with E-state index in [9.17, 15) is 9.59 Å². The number of fused-ring (bicyclic) bond motifs is 2. The maximum atomic E-state index is 12.8. The Morgan fingerprint density at radius 3 is 1.38 bits per heavy atom. The van der Waals surface area contributed by atoms with Crippen molar-refractivity contribution in [1.82, 2.24) is 0 Å².